The van der Waals surface area contributed by atoms with Crippen molar-refractivity contribution in [3.63, 3.8) is 0 Å². The Hall–Kier alpha value is -1.26. The van der Waals surface area contributed by atoms with Crippen LogP contribution in [0.1, 0.15) is 65.2 Å². The minimum Gasteiger partial charge on any atom is -0.297 e. The van der Waals surface area contributed by atoms with Crippen LogP contribution in [-0.4, -0.2) is 26.9 Å². The van der Waals surface area contributed by atoms with Gasteiger partial charge in [-0.05, 0) is 85.9 Å². The molecule has 0 aliphatic heterocycles. The Kier molecular flexibility index (Phi) is 4.63. The maximum atomic E-state index is 15.3. The Morgan fingerprint density at radius 2 is 1.79 bits per heavy atom. The zero-order valence-electron chi connectivity index (χ0n) is 17.3. The van der Waals surface area contributed by atoms with Crippen molar-refractivity contribution < 1.29 is 9.18 Å². The molecule has 4 saturated carbocycles. The van der Waals surface area contributed by atoms with Crippen LogP contribution in [0.2, 0.25) is 0 Å². The van der Waals surface area contributed by atoms with E-state index < -0.39 is 6.17 Å². The van der Waals surface area contributed by atoms with Gasteiger partial charge in [-0.25, -0.2) is 4.39 Å². The highest BCUT2D eigenvalue weighted by Gasteiger charge is 2.59. The van der Waals surface area contributed by atoms with Crippen molar-refractivity contribution in [2.75, 3.05) is 0 Å². The molecule has 4 aliphatic carbocycles. The van der Waals surface area contributed by atoms with E-state index in [1.165, 1.54) is 24.1 Å². The first-order valence-corrected chi connectivity index (χ1v) is 11.5. The van der Waals surface area contributed by atoms with Gasteiger partial charge in [0, 0.05) is 5.92 Å². The molecule has 1 heterocycles. The fourth-order valence-corrected chi connectivity index (χ4v) is 8.12. The number of hydrogen-bond acceptors (Lipinski definition) is 3. The van der Waals surface area contributed by atoms with E-state index in [-0.39, 0.29) is 23.7 Å². The molecular formula is C23H34FN3O. The molecule has 0 radical (unpaired) electrons. The third-order valence-corrected chi connectivity index (χ3v) is 9.37. The van der Waals surface area contributed by atoms with E-state index in [0.717, 1.165) is 32.1 Å². The van der Waals surface area contributed by atoms with Gasteiger partial charge in [0.2, 0.25) is 0 Å². The van der Waals surface area contributed by atoms with Gasteiger partial charge in [0.1, 0.15) is 12.7 Å². The van der Waals surface area contributed by atoms with E-state index in [2.05, 4.69) is 24.0 Å². The molecule has 0 bridgehead atoms. The van der Waals surface area contributed by atoms with Gasteiger partial charge in [0.05, 0.1) is 12.4 Å². The molecular weight excluding hydrogens is 353 g/mol. The molecule has 4 aliphatic rings. The predicted molar refractivity (Wildman–Crippen MR) is 105 cm³/mol. The summed E-state index contributed by atoms with van der Waals surface area (Å²) >= 11 is 0. The van der Waals surface area contributed by atoms with Crippen molar-refractivity contribution in [1.82, 2.24) is 15.0 Å². The summed E-state index contributed by atoms with van der Waals surface area (Å²) in [5, 5.41) is 8.23. The molecule has 9 atom stereocenters. The molecule has 0 saturated heterocycles. The molecule has 1 aromatic heterocycles. The van der Waals surface area contributed by atoms with Crippen LogP contribution in [0, 0.1) is 46.8 Å². The number of nitrogens with zero attached hydrogens (tertiary/aromatic N) is 3. The SMILES string of the molecule is CC1CCC2C(C1)C(F)CC1C2CCC2(C)C(C(=O)Cn3nccn3)CCC12. The molecule has 9 unspecified atom stereocenters. The van der Waals surface area contributed by atoms with E-state index in [1.807, 2.05) is 0 Å². The van der Waals surface area contributed by atoms with Gasteiger partial charge in [-0.15, -0.1) is 0 Å². The van der Waals surface area contributed by atoms with Gasteiger partial charge in [0.15, 0.2) is 5.78 Å². The van der Waals surface area contributed by atoms with Crippen LogP contribution in [0.5, 0.6) is 0 Å². The normalized spacial score (nSPS) is 47.8. The number of ketones is 1. The van der Waals surface area contributed by atoms with Crippen molar-refractivity contribution in [3.8, 4) is 0 Å². The van der Waals surface area contributed by atoms with Crippen molar-refractivity contribution in [1.29, 1.82) is 0 Å². The van der Waals surface area contributed by atoms with Crippen LogP contribution in [0.3, 0.4) is 0 Å². The van der Waals surface area contributed by atoms with Crippen LogP contribution in [0.15, 0.2) is 12.4 Å². The first kappa shape index (κ1) is 18.7. The lowest BCUT2D eigenvalue weighted by atomic mass is 9.49. The molecule has 4 nitrogen and oxygen atoms in total. The largest absolute Gasteiger partial charge is 0.297 e. The molecule has 0 amide bonds. The van der Waals surface area contributed by atoms with Crippen LogP contribution >= 0.6 is 0 Å². The highest BCUT2D eigenvalue weighted by Crippen LogP contribution is 2.64. The van der Waals surface area contributed by atoms with Crippen molar-refractivity contribution >= 4 is 5.78 Å². The van der Waals surface area contributed by atoms with Gasteiger partial charge in [-0.1, -0.05) is 20.3 Å². The number of hydrogen-bond donors (Lipinski definition) is 0. The second-order valence-corrected chi connectivity index (χ2v) is 10.6. The van der Waals surface area contributed by atoms with E-state index >= 15 is 4.39 Å². The molecule has 1 aromatic rings. The van der Waals surface area contributed by atoms with Crippen LogP contribution in [0.25, 0.3) is 0 Å². The smallest absolute Gasteiger partial charge is 0.159 e. The lowest BCUT2D eigenvalue weighted by Crippen LogP contribution is -2.52. The Morgan fingerprint density at radius 3 is 2.57 bits per heavy atom. The van der Waals surface area contributed by atoms with Gasteiger partial charge in [-0.2, -0.15) is 15.0 Å². The van der Waals surface area contributed by atoms with E-state index in [0.29, 0.717) is 35.5 Å². The van der Waals surface area contributed by atoms with E-state index in [9.17, 15) is 4.79 Å². The van der Waals surface area contributed by atoms with Crippen LogP contribution in [0.4, 0.5) is 4.39 Å². The second-order valence-electron chi connectivity index (χ2n) is 10.6. The number of halogens is 1. The van der Waals surface area contributed by atoms with E-state index in [4.69, 9.17) is 0 Å². The molecule has 154 valence electrons. The Balaban J connectivity index is 1.35. The molecule has 28 heavy (non-hydrogen) atoms. The number of alkyl halides is 1. The molecule has 5 heteroatoms. The zero-order valence-corrected chi connectivity index (χ0v) is 17.3. The standard InChI is InChI=1S/C23H34FN3O/c1-14-3-4-15-16-7-8-23(2)19(17(16)12-21(24)18(15)11-14)5-6-20(23)22(28)13-27-25-9-10-26-27/h9-10,14-21H,3-8,11-13H2,1-2H3. The van der Waals surface area contributed by atoms with Gasteiger partial charge in [-0.3, -0.25) is 4.79 Å². The highest BCUT2D eigenvalue weighted by molar-refractivity contribution is 5.81. The van der Waals surface area contributed by atoms with Gasteiger partial charge >= 0.3 is 0 Å². The maximum absolute atomic E-state index is 15.3. The number of carbonyl (C=O) groups is 1. The first-order valence-electron chi connectivity index (χ1n) is 11.5. The monoisotopic (exact) mass is 387 g/mol. The average Bonchev–Trinajstić information content (AvgIpc) is 3.29. The fraction of sp³-hybridized carbons (Fsp3) is 0.870. The van der Waals surface area contributed by atoms with Crippen molar-refractivity contribution in [3.05, 3.63) is 12.4 Å². The number of aromatic nitrogens is 3. The lowest BCUT2D eigenvalue weighted by molar-refractivity contribution is -0.133. The Morgan fingerprint density at radius 1 is 1.04 bits per heavy atom. The molecule has 4 fully saturated rings. The average molecular weight is 388 g/mol. The minimum absolute atomic E-state index is 0.0416. The summed E-state index contributed by atoms with van der Waals surface area (Å²) in [7, 11) is 0. The minimum atomic E-state index is -0.626. The van der Waals surface area contributed by atoms with Gasteiger partial charge in [0.25, 0.3) is 0 Å². The molecule has 0 spiro atoms. The second kappa shape index (κ2) is 6.91. The van der Waals surface area contributed by atoms with Crippen molar-refractivity contribution in [2.24, 2.45) is 46.8 Å². The predicted octanol–water partition coefficient (Wildman–Crippen LogP) is 4.70. The number of fused-ring (bicyclic) bond motifs is 5. The molecule has 5 rings (SSSR count). The zero-order chi connectivity index (χ0) is 19.5. The summed E-state index contributed by atoms with van der Waals surface area (Å²) < 4.78 is 15.3. The summed E-state index contributed by atoms with van der Waals surface area (Å²) in [5.41, 5.74) is 0.0416. The fourth-order valence-electron chi connectivity index (χ4n) is 8.12. The summed E-state index contributed by atoms with van der Waals surface area (Å²) in [6.45, 7) is 4.92. The quantitative estimate of drug-likeness (QED) is 0.755. The van der Waals surface area contributed by atoms with Crippen molar-refractivity contribution in [2.45, 2.75) is 77.9 Å². The number of rotatable bonds is 3. The topological polar surface area (TPSA) is 47.8 Å². The summed E-state index contributed by atoms with van der Waals surface area (Å²) in [5.74, 6) is 3.66. The van der Waals surface area contributed by atoms with Gasteiger partial charge < -0.3 is 0 Å². The summed E-state index contributed by atoms with van der Waals surface area (Å²) in [6, 6.07) is 0. The Labute approximate surface area is 167 Å². The highest BCUT2D eigenvalue weighted by atomic mass is 19.1. The third-order valence-electron chi connectivity index (χ3n) is 9.37. The van der Waals surface area contributed by atoms with Crippen LogP contribution in [-0.2, 0) is 11.3 Å². The number of Topliss-reactive ketones (excluding diaryl/α,β-unsaturated/α-hetero) is 1. The van der Waals surface area contributed by atoms with Crippen LogP contribution < -0.4 is 0 Å². The first-order chi connectivity index (χ1) is 13.5. The van der Waals surface area contributed by atoms with E-state index in [1.54, 1.807) is 12.4 Å². The Bertz CT molecular complexity index is 721. The number of carbonyl (C=O) groups excluding carboxylic acids is 1. The molecule has 0 N–H and O–H groups in total. The third kappa shape index (κ3) is 2.87. The summed E-state index contributed by atoms with van der Waals surface area (Å²) in [6.07, 6.45) is 11.4. The lowest BCUT2D eigenvalue weighted by Gasteiger charge is -2.56. The summed E-state index contributed by atoms with van der Waals surface area (Å²) in [4.78, 5) is 14.6. The maximum Gasteiger partial charge on any atom is 0.159 e. The molecule has 0 aromatic carbocycles.